The summed E-state index contributed by atoms with van der Waals surface area (Å²) in [5.74, 6) is -0.665. The van der Waals surface area contributed by atoms with Crippen molar-refractivity contribution in [3.05, 3.63) is 87.6 Å². The molecule has 5 N–H and O–H groups in total. The lowest BCUT2D eigenvalue weighted by atomic mass is 9.97. The first-order valence-electron chi connectivity index (χ1n) is 9.77. The lowest BCUT2D eigenvalue weighted by molar-refractivity contribution is 0.442. The number of phenols is 1. The van der Waals surface area contributed by atoms with E-state index in [0.717, 1.165) is 22.9 Å². The average Bonchev–Trinajstić information content (AvgIpc) is 3.40. The van der Waals surface area contributed by atoms with E-state index >= 15 is 0 Å². The molecule has 0 unspecified atom stereocenters. The average molecular weight is 519 g/mol. The highest BCUT2D eigenvalue weighted by molar-refractivity contribution is 7.86. The number of aryl methyl sites for hydroxylation is 1. The molecule has 0 saturated heterocycles. The maximum absolute atomic E-state index is 13.0. The smallest absolute Gasteiger partial charge is 0.298 e. The van der Waals surface area contributed by atoms with Gasteiger partial charge in [-0.15, -0.1) is 0 Å². The number of aromatic hydroxyl groups is 1. The first-order chi connectivity index (χ1) is 16.4. The van der Waals surface area contributed by atoms with Gasteiger partial charge in [0.2, 0.25) is 0 Å². The Hall–Kier alpha value is -3.98. The van der Waals surface area contributed by atoms with Gasteiger partial charge < -0.3 is 5.11 Å². The van der Waals surface area contributed by atoms with Gasteiger partial charge in [0.05, 0.1) is 22.3 Å². The number of hydrogen-bond donors (Lipinski definition) is 5. The number of rotatable bonds is 6. The number of benzene rings is 2. The minimum atomic E-state index is -4.67. The molecule has 14 heteroatoms. The zero-order valence-corrected chi connectivity index (χ0v) is 19.5. The van der Waals surface area contributed by atoms with Crippen LogP contribution in [0.3, 0.4) is 0 Å². The Morgan fingerprint density at radius 2 is 1.69 bits per heavy atom. The van der Waals surface area contributed by atoms with E-state index in [1.807, 2.05) is 0 Å². The monoisotopic (exact) mass is 518 g/mol. The number of nitrogens with one attached hydrogen (secondary N) is 2. The van der Waals surface area contributed by atoms with Gasteiger partial charge in [0.15, 0.2) is 0 Å². The van der Waals surface area contributed by atoms with Gasteiger partial charge in [-0.3, -0.25) is 24.1 Å². The molecule has 0 aliphatic heterocycles. The summed E-state index contributed by atoms with van der Waals surface area (Å²) in [5.41, 5.74) is 1.34. The zero-order valence-electron chi connectivity index (χ0n) is 17.9. The van der Waals surface area contributed by atoms with Crippen LogP contribution in [0.25, 0.3) is 17.3 Å². The normalized spacial score (nSPS) is 12.7. The molecule has 0 atom stereocenters. The van der Waals surface area contributed by atoms with Gasteiger partial charge in [0.25, 0.3) is 25.8 Å². The van der Waals surface area contributed by atoms with Crippen LogP contribution in [0.4, 0.5) is 0 Å². The predicted octanol–water partition coefficient (Wildman–Crippen LogP) is 1.99. The van der Waals surface area contributed by atoms with Crippen LogP contribution in [-0.4, -0.2) is 51.0 Å². The van der Waals surface area contributed by atoms with Crippen molar-refractivity contribution in [3.63, 3.8) is 0 Å². The molecule has 0 saturated carbocycles. The van der Waals surface area contributed by atoms with Crippen molar-refractivity contribution in [2.24, 2.45) is 0 Å². The van der Waals surface area contributed by atoms with E-state index in [4.69, 9.17) is 4.55 Å². The quantitative estimate of drug-likeness (QED) is 0.237. The van der Waals surface area contributed by atoms with Gasteiger partial charge in [0, 0.05) is 18.0 Å². The van der Waals surface area contributed by atoms with E-state index in [1.54, 1.807) is 0 Å². The number of aromatic nitrogens is 4. The molecule has 0 radical (unpaired) electrons. The van der Waals surface area contributed by atoms with E-state index < -0.39 is 36.4 Å². The largest absolute Gasteiger partial charge is 0.506 e. The Kier molecular flexibility index (Phi) is 5.98. The zero-order chi connectivity index (χ0) is 25.5. The molecule has 2 aromatic heterocycles. The Balaban J connectivity index is 1.83. The van der Waals surface area contributed by atoms with Crippen molar-refractivity contribution in [2.75, 3.05) is 0 Å². The summed E-state index contributed by atoms with van der Waals surface area (Å²) in [4.78, 5) is 12.1. The van der Waals surface area contributed by atoms with E-state index in [0.29, 0.717) is 22.4 Å². The minimum Gasteiger partial charge on any atom is -0.506 e. The van der Waals surface area contributed by atoms with Crippen molar-refractivity contribution >= 4 is 31.9 Å². The lowest BCUT2D eigenvalue weighted by Gasteiger charge is -2.11. The van der Waals surface area contributed by atoms with Crippen LogP contribution in [-0.2, 0) is 20.2 Å². The fraction of sp³-hybridized carbons (Fsp3) is 0.0476. The van der Waals surface area contributed by atoms with Crippen molar-refractivity contribution < 1.29 is 31.0 Å². The molecule has 12 nitrogen and oxygen atoms in total. The highest BCUT2D eigenvalue weighted by Crippen LogP contribution is 2.33. The van der Waals surface area contributed by atoms with Gasteiger partial charge in [-0.2, -0.15) is 21.9 Å². The predicted molar refractivity (Wildman–Crippen MR) is 124 cm³/mol. The van der Waals surface area contributed by atoms with Crippen molar-refractivity contribution in [3.8, 4) is 11.4 Å². The molecular formula is C21H18N4O8S2. The number of phenolic OH excluding ortho intramolecular Hbond substituents is 1. The molecular weight excluding hydrogens is 500 g/mol. The molecule has 0 fully saturated rings. The second-order valence-corrected chi connectivity index (χ2v) is 10.3. The summed E-state index contributed by atoms with van der Waals surface area (Å²) in [6.07, 6.45) is 5.90. The van der Waals surface area contributed by atoms with Gasteiger partial charge in [-0.05, 0) is 66.1 Å². The van der Waals surface area contributed by atoms with Gasteiger partial charge in [-0.25, -0.2) is 4.68 Å². The summed E-state index contributed by atoms with van der Waals surface area (Å²) in [7, 11) is -9.05. The maximum atomic E-state index is 13.0. The fourth-order valence-electron chi connectivity index (χ4n) is 3.58. The first kappa shape index (κ1) is 24.2. The van der Waals surface area contributed by atoms with Crippen LogP contribution in [0, 0.1) is 6.92 Å². The van der Waals surface area contributed by atoms with Crippen LogP contribution < -0.4 is 5.56 Å². The van der Waals surface area contributed by atoms with Gasteiger partial charge >= 0.3 is 0 Å². The fourth-order valence-corrected chi connectivity index (χ4v) is 4.85. The minimum absolute atomic E-state index is 0.0855. The third kappa shape index (κ3) is 4.81. The van der Waals surface area contributed by atoms with Gasteiger partial charge in [0.1, 0.15) is 10.6 Å². The second-order valence-electron chi connectivity index (χ2n) is 7.50. The summed E-state index contributed by atoms with van der Waals surface area (Å²) in [5, 5.41) is 19.6. The Labute approximate surface area is 198 Å². The molecule has 4 rings (SSSR count). The number of aromatic amines is 2. The van der Waals surface area contributed by atoms with E-state index in [9.17, 15) is 31.3 Å². The molecule has 0 aliphatic carbocycles. The van der Waals surface area contributed by atoms with Crippen molar-refractivity contribution in [1.29, 1.82) is 0 Å². The number of hydrogen-bond acceptors (Lipinski definition) is 7. The third-order valence-corrected chi connectivity index (χ3v) is 7.04. The van der Waals surface area contributed by atoms with Crippen LogP contribution in [0.2, 0.25) is 0 Å². The standard InChI is InChI=1S/C21H18N4O8S2/c1-12-6-13(8-19(26)20(12)35(31,32)33)18(15-9-22-23-10-15)7-14-11-24-25(21(14)27)16-2-4-17(5-3-16)34(28,29)30/h2-11,24,26H,1H3,(H,22,23)(H,28,29,30)(H,31,32,33). The molecule has 2 aromatic carbocycles. The van der Waals surface area contributed by atoms with Gasteiger partial charge in [-0.1, -0.05) is 0 Å². The summed E-state index contributed by atoms with van der Waals surface area (Å²) < 4.78 is 65.4. The van der Waals surface area contributed by atoms with Crippen LogP contribution in [0.15, 0.2) is 69.6 Å². The summed E-state index contributed by atoms with van der Waals surface area (Å²) in [6.45, 7) is 1.40. The van der Waals surface area contributed by atoms with E-state index in [1.165, 1.54) is 49.8 Å². The van der Waals surface area contributed by atoms with Crippen molar-refractivity contribution in [2.45, 2.75) is 16.7 Å². The maximum Gasteiger partial charge on any atom is 0.298 e. The van der Waals surface area contributed by atoms with Crippen LogP contribution >= 0.6 is 0 Å². The Bertz CT molecular complexity index is 1690. The highest BCUT2D eigenvalue weighted by atomic mass is 32.2. The number of H-pyrrole nitrogens is 2. The van der Waals surface area contributed by atoms with Crippen LogP contribution in [0.5, 0.6) is 5.75 Å². The SMILES string of the molecule is Cc1cc(C(=Cc2c[nH]n(-c3ccc(S(=O)(=O)O)cc3)c2=O)c2cn[nH]c2)cc(O)c1S(=O)(=O)O. The first-order valence-corrected chi connectivity index (χ1v) is 12.6. The molecule has 0 bridgehead atoms. The molecule has 0 spiro atoms. The molecule has 0 amide bonds. The van der Waals surface area contributed by atoms with Crippen LogP contribution in [0.1, 0.15) is 22.3 Å². The summed E-state index contributed by atoms with van der Waals surface area (Å²) >= 11 is 0. The Morgan fingerprint density at radius 3 is 2.23 bits per heavy atom. The Morgan fingerprint density at radius 1 is 1.00 bits per heavy atom. The third-order valence-electron chi connectivity index (χ3n) is 5.13. The van der Waals surface area contributed by atoms with E-state index in [2.05, 4.69) is 15.3 Å². The molecule has 35 heavy (non-hydrogen) atoms. The molecule has 0 aliphatic rings. The highest BCUT2D eigenvalue weighted by Gasteiger charge is 2.21. The molecule has 2 heterocycles. The molecule has 182 valence electrons. The number of nitrogens with zero attached hydrogens (tertiary/aromatic N) is 2. The van der Waals surface area contributed by atoms with Crippen molar-refractivity contribution in [1.82, 2.24) is 20.0 Å². The second kappa shape index (κ2) is 8.66. The lowest BCUT2D eigenvalue weighted by Crippen LogP contribution is -2.16. The summed E-state index contributed by atoms with van der Waals surface area (Å²) in [6, 6.07) is 7.54. The molecule has 4 aromatic rings. The van der Waals surface area contributed by atoms with E-state index in [-0.39, 0.29) is 16.0 Å². The topological polar surface area (TPSA) is 195 Å².